The zero-order chi connectivity index (χ0) is 13.8. The van der Waals surface area contributed by atoms with E-state index in [0.29, 0.717) is 23.7 Å². The third kappa shape index (κ3) is 3.04. The van der Waals surface area contributed by atoms with E-state index >= 15 is 0 Å². The second-order valence-electron chi connectivity index (χ2n) is 4.38. The van der Waals surface area contributed by atoms with Crippen molar-refractivity contribution in [3.8, 4) is 0 Å². The zero-order valence-corrected chi connectivity index (χ0v) is 11.9. The van der Waals surface area contributed by atoms with Crippen molar-refractivity contribution in [2.75, 3.05) is 0 Å². The summed E-state index contributed by atoms with van der Waals surface area (Å²) < 4.78 is 1.76. The maximum atomic E-state index is 12.4. The Morgan fingerprint density at radius 1 is 1.32 bits per heavy atom. The quantitative estimate of drug-likeness (QED) is 0.783. The minimum Gasteiger partial charge on any atom is -0.292 e. The maximum Gasteiger partial charge on any atom is 0.185 e. The molecule has 1 aromatic heterocycles. The van der Waals surface area contributed by atoms with E-state index in [1.807, 2.05) is 38.1 Å². The summed E-state index contributed by atoms with van der Waals surface area (Å²) in [6.45, 7) is 4.72. The molecule has 0 spiro atoms. The maximum absolute atomic E-state index is 12.4. The molecule has 0 amide bonds. The van der Waals surface area contributed by atoms with E-state index in [0.717, 1.165) is 17.7 Å². The number of halogens is 1. The van der Waals surface area contributed by atoms with Crippen LogP contribution in [0.15, 0.2) is 30.3 Å². The predicted octanol–water partition coefficient (Wildman–Crippen LogP) is 3.54. The minimum atomic E-state index is 0.0575. The highest BCUT2D eigenvalue weighted by atomic mass is 35.5. The molecule has 0 aliphatic carbocycles. The van der Waals surface area contributed by atoms with E-state index in [-0.39, 0.29) is 5.78 Å². The van der Waals surface area contributed by atoms with E-state index in [1.165, 1.54) is 0 Å². The summed E-state index contributed by atoms with van der Waals surface area (Å²) >= 11 is 6.09. The lowest BCUT2D eigenvalue weighted by atomic mass is 10.1. The van der Waals surface area contributed by atoms with Crippen LogP contribution in [0.3, 0.4) is 0 Å². The third-order valence-corrected chi connectivity index (χ3v) is 3.46. The first-order valence-electron chi connectivity index (χ1n) is 6.49. The molecule has 4 heteroatoms. The Kier molecular flexibility index (Phi) is 4.38. The molecule has 2 aromatic rings. The summed E-state index contributed by atoms with van der Waals surface area (Å²) in [7, 11) is 0. The Morgan fingerprint density at radius 2 is 2.05 bits per heavy atom. The van der Waals surface area contributed by atoms with E-state index < -0.39 is 0 Å². The average Bonchev–Trinajstić information content (AvgIpc) is 2.84. The van der Waals surface area contributed by atoms with Gasteiger partial charge in [0.15, 0.2) is 5.78 Å². The number of carbonyl (C=O) groups excluding carboxylic acids is 1. The molecular formula is C15H17ClN2O. The van der Waals surface area contributed by atoms with Gasteiger partial charge in [0.1, 0.15) is 5.69 Å². The summed E-state index contributed by atoms with van der Waals surface area (Å²) in [6, 6.07) is 9.32. The first kappa shape index (κ1) is 13.8. The molecule has 0 aliphatic heterocycles. The van der Waals surface area contributed by atoms with Gasteiger partial charge in [-0.1, -0.05) is 36.7 Å². The molecule has 0 aliphatic rings. The Labute approximate surface area is 118 Å². The van der Waals surface area contributed by atoms with E-state index in [2.05, 4.69) is 5.10 Å². The van der Waals surface area contributed by atoms with Crippen LogP contribution in [0.1, 0.15) is 35.6 Å². The topological polar surface area (TPSA) is 34.9 Å². The Hall–Kier alpha value is -1.61. The number of aromatic nitrogens is 2. The molecular weight excluding hydrogens is 260 g/mol. The number of carbonyl (C=O) groups is 1. The first-order chi connectivity index (χ1) is 9.15. The van der Waals surface area contributed by atoms with Crippen molar-refractivity contribution < 1.29 is 4.79 Å². The van der Waals surface area contributed by atoms with Crippen molar-refractivity contribution in [3.63, 3.8) is 0 Å². The summed E-state index contributed by atoms with van der Waals surface area (Å²) in [5, 5.41) is 5.03. The van der Waals surface area contributed by atoms with Gasteiger partial charge in [-0.15, -0.1) is 0 Å². The highest BCUT2D eigenvalue weighted by Gasteiger charge is 2.15. The van der Waals surface area contributed by atoms with Gasteiger partial charge in [0.05, 0.1) is 5.69 Å². The van der Waals surface area contributed by atoms with Gasteiger partial charge in [-0.2, -0.15) is 5.10 Å². The van der Waals surface area contributed by atoms with Gasteiger partial charge in [0.25, 0.3) is 0 Å². The number of aryl methyl sites for hydroxylation is 2. The summed E-state index contributed by atoms with van der Waals surface area (Å²) in [6.07, 6.45) is 1.15. The smallest absolute Gasteiger partial charge is 0.185 e. The molecule has 0 unspecified atom stereocenters. The fraction of sp³-hybridized carbons (Fsp3) is 0.333. The normalized spacial score (nSPS) is 10.7. The number of hydrogen-bond acceptors (Lipinski definition) is 2. The lowest BCUT2D eigenvalue weighted by Crippen LogP contribution is -2.11. The summed E-state index contributed by atoms with van der Waals surface area (Å²) in [5.41, 5.74) is 2.47. The van der Waals surface area contributed by atoms with Gasteiger partial charge >= 0.3 is 0 Å². The number of hydrogen-bond donors (Lipinski definition) is 0. The van der Waals surface area contributed by atoms with Crippen LogP contribution >= 0.6 is 11.6 Å². The number of Topliss-reactive ketones (excluding diaryl/α,β-unsaturated/α-hetero) is 1. The molecule has 3 nitrogen and oxygen atoms in total. The molecule has 0 N–H and O–H groups in total. The zero-order valence-electron chi connectivity index (χ0n) is 11.2. The van der Waals surface area contributed by atoms with Gasteiger partial charge in [-0.3, -0.25) is 9.48 Å². The van der Waals surface area contributed by atoms with Gasteiger partial charge in [0, 0.05) is 18.0 Å². The number of ketones is 1. The highest BCUT2D eigenvalue weighted by molar-refractivity contribution is 6.31. The molecule has 0 saturated carbocycles. The molecule has 2 rings (SSSR count). The van der Waals surface area contributed by atoms with Crippen molar-refractivity contribution in [1.82, 2.24) is 9.78 Å². The molecule has 100 valence electrons. The third-order valence-electron chi connectivity index (χ3n) is 3.09. The van der Waals surface area contributed by atoms with E-state index in [1.54, 1.807) is 10.7 Å². The predicted molar refractivity (Wildman–Crippen MR) is 76.8 cm³/mol. The Bertz CT molecular complexity index is 590. The van der Waals surface area contributed by atoms with Crippen molar-refractivity contribution in [1.29, 1.82) is 0 Å². The van der Waals surface area contributed by atoms with Gasteiger partial charge in [-0.05, 0) is 31.0 Å². The van der Waals surface area contributed by atoms with Gasteiger partial charge in [0.2, 0.25) is 0 Å². The lowest BCUT2D eigenvalue weighted by molar-refractivity contribution is 0.0983. The van der Waals surface area contributed by atoms with Crippen LogP contribution in [0.5, 0.6) is 0 Å². The number of nitrogens with zero attached hydrogens (tertiary/aromatic N) is 2. The fourth-order valence-corrected chi connectivity index (χ4v) is 2.22. The molecule has 1 heterocycles. The molecule has 0 fully saturated rings. The number of rotatable bonds is 5. The Morgan fingerprint density at radius 3 is 2.68 bits per heavy atom. The molecule has 0 bridgehead atoms. The van der Waals surface area contributed by atoms with Crippen LogP contribution in [0.4, 0.5) is 0 Å². The van der Waals surface area contributed by atoms with Crippen LogP contribution < -0.4 is 0 Å². The monoisotopic (exact) mass is 276 g/mol. The van der Waals surface area contributed by atoms with Gasteiger partial charge < -0.3 is 0 Å². The van der Waals surface area contributed by atoms with Crippen molar-refractivity contribution in [2.45, 2.75) is 33.2 Å². The molecule has 1 aromatic carbocycles. The lowest BCUT2D eigenvalue weighted by Gasteiger charge is -2.05. The van der Waals surface area contributed by atoms with Crippen LogP contribution in [-0.4, -0.2) is 15.6 Å². The van der Waals surface area contributed by atoms with Crippen molar-refractivity contribution >= 4 is 17.4 Å². The SMILES string of the molecule is CCc1cc(C(=O)Cc2ccccc2Cl)n(CC)n1. The molecule has 0 atom stereocenters. The van der Waals surface area contributed by atoms with Crippen molar-refractivity contribution in [2.24, 2.45) is 0 Å². The van der Waals surface area contributed by atoms with Gasteiger partial charge in [-0.25, -0.2) is 0 Å². The summed E-state index contributed by atoms with van der Waals surface area (Å²) in [5.74, 6) is 0.0575. The average molecular weight is 277 g/mol. The molecule has 0 saturated heterocycles. The molecule has 0 radical (unpaired) electrons. The molecule has 19 heavy (non-hydrogen) atoms. The standard InChI is InChI=1S/C15H17ClN2O/c1-3-12-10-14(18(4-2)17-12)15(19)9-11-7-5-6-8-13(11)16/h5-8,10H,3-4,9H2,1-2H3. The van der Waals surface area contributed by atoms with Crippen LogP contribution in [0, 0.1) is 0 Å². The number of benzene rings is 1. The largest absolute Gasteiger partial charge is 0.292 e. The Balaban J connectivity index is 2.25. The first-order valence-corrected chi connectivity index (χ1v) is 6.86. The van der Waals surface area contributed by atoms with Crippen LogP contribution in [0.25, 0.3) is 0 Å². The van der Waals surface area contributed by atoms with Crippen LogP contribution in [0.2, 0.25) is 5.02 Å². The highest BCUT2D eigenvalue weighted by Crippen LogP contribution is 2.18. The second-order valence-corrected chi connectivity index (χ2v) is 4.79. The minimum absolute atomic E-state index is 0.0575. The summed E-state index contributed by atoms with van der Waals surface area (Å²) in [4.78, 5) is 12.4. The van der Waals surface area contributed by atoms with E-state index in [9.17, 15) is 4.79 Å². The fourth-order valence-electron chi connectivity index (χ4n) is 2.01. The second kappa shape index (κ2) is 6.02. The van der Waals surface area contributed by atoms with Crippen LogP contribution in [-0.2, 0) is 19.4 Å². The van der Waals surface area contributed by atoms with Crippen molar-refractivity contribution in [3.05, 3.63) is 52.3 Å². The van der Waals surface area contributed by atoms with E-state index in [4.69, 9.17) is 11.6 Å².